The lowest BCUT2D eigenvalue weighted by molar-refractivity contribution is 0.299. The number of benzene rings is 2. The van der Waals surface area contributed by atoms with E-state index in [4.69, 9.17) is 0 Å². The lowest BCUT2D eigenvalue weighted by Gasteiger charge is -2.09. The number of sulfone groups is 1. The molecule has 0 amide bonds. The maximum atomic E-state index is 13.3. The largest absolute Gasteiger partial charge is 0.396 e. The zero-order valence-electron chi connectivity index (χ0n) is 12.5. The molecule has 1 aromatic heterocycles. The molecule has 120 valence electrons. The molecule has 2 N–H and O–H groups in total. The number of aromatic nitrogens is 1. The summed E-state index contributed by atoms with van der Waals surface area (Å²) in [6.45, 7) is -0.134. The van der Waals surface area contributed by atoms with Gasteiger partial charge in [0.15, 0.2) is 9.84 Å². The minimum Gasteiger partial charge on any atom is -0.396 e. The van der Waals surface area contributed by atoms with Crippen LogP contribution in [0.15, 0.2) is 47.5 Å². The lowest BCUT2D eigenvalue weighted by atomic mass is 10.0. The smallest absolute Gasteiger partial charge is 0.175 e. The number of H-pyrrole nitrogens is 1. The Bertz CT molecular complexity index is 977. The highest BCUT2D eigenvalue weighted by atomic mass is 32.2. The molecule has 1 heterocycles. The van der Waals surface area contributed by atoms with Gasteiger partial charge in [-0.3, -0.25) is 0 Å². The van der Waals surface area contributed by atoms with Crippen LogP contribution in [0, 0.1) is 5.82 Å². The number of aliphatic hydroxyl groups is 1. The quantitative estimate of drug-likeness (QED) is 0.771. The van der Waals surface area contributed by atoms with Crippen molar-refractivity contribution in [3.05, 3.63) is 54.0 Å². The third-order valence-electron chi connectivity index (χ3n) is 3.80. The van der Waals surface area contributed by atoms with Gasteiger partial charge in [0.05, 0.1) is 4.90 Å². The van der Waals surface area contributed by atoms with Crippen molar-refractivity contribution in [1.29, 1.82) is 0 Å². The fourth-order valence-corrected chi connectivity index (χ4v) is 3.71. The SMILES string of the molecule is CS(=O)(=O)c1ccc(-c2c[nH]c3cc(F)ccc23)cc1CCO. The minimum absolute atomic E-state index is 0.134. The monoisotopic (exact) mass is 333 g/mol. The van der Waals surface area contributed by atoms with Crippen LogP contribution in [0.5, 0.6) is 0 Å². The molecule has 0 saturated heterocycles. The Balaban J connectivity index is 2.17. The van der Waals surface area contributed by atoms with Gasteiger partial charge in [-0.2, -0.15) is 0 Å². The van der Waals surface area contributed by atoms with Crippen LogP contribution in [0.25, 0.3) is 22.0 Å². The number of hydrogen-bond donors (Lipinski definition) is 2. The molecule has 0 bridgehead atoms. The third kappa shape index (κ3) is 3.00. The van der Waals surface area contributed by atoms with Crippen molar-refractivity contribution in [3.8, 4) is 11.1 Å². The maximum Gasteiger partial charge on any atom is 0.175 e. The van der Waals surface area contributed by atoms with Crippen molar-refractivity contribution >= 4 is 20.7 Å². The first-order chi connectivity index (χ1) is 10.9. The highest BCUT2D eigenvalue weighted by molar-refractivity contribution is 7.90. The second kappa shape index (κ2) is 5.79. The maximum absolute atomic E-state index is 13.3. The number of fused-ring (bicyclic) bond motifs is 1. The van der Waals surface area contributed by atoms with E-state index in [-0.39, 0.29) is 23.7 Å². The van der Waals surface area contributed by atoms with Gasteiger partial charge in [-0.25, -0.2) is 12.8 Å². The summed E-state index contributed by atoms with van der Waals surface area (Å²) in [5.74, 6) is -0.320. The molecule has 0 spiro atoms. The van der Waals surface area contributed by atoms with Crippen LogP contribution in [0.2, 0.25) is 0 Å². The van der Waals surface area contributed by atoms with E-state index >= 15 is 0 Å². The summed E-state index contributed by atoms with van der Waals surface area (Å²) in [5, 5.41) is 10.0. The zero-order chi connectivity index (χ0) is 16.6. The highest BCUT2D eigenvalue weighted by Crippen LogP contribution is 2.31. The summed E-state index contributed by atoms with van der Waals surface area (Å²) in [5.41, 5.74) is 2.93. The normalized spacial score (nSPS) is 12.0. The summed E-state index contributed by atoms with van der Waals surface area (Å²) < 4.78 is 37.0. The second-order valence-electron chi connectivity index (χ2n) is 5.46. The minimum atomic E-state index is -3.36. The summed E-state index contributed by atoms with van der Waals surface area (Å²) in [6, 6.07) is 9.53. The number of aliphatic hydroxyl groups excluding tert-OH is 1. The summed E-state index contributed by atoms with van der Waals surface area (Å²) in [7, 11) is -3.36. The molecular formula is C17H16FNO3S. The fraction of sp³-hybridized carbons (Fsp3) is 0.176. The van der Waals surface area contributed by atoms with E-state index in [1.165, 1.54) is 12.1 Å². The average molecular weight is 333 g/mol. The number of nitrogens with one attached hydrogen (secondary N) is 1. The molecule has 23 heavy (non-hydrogen) atoms. The van der Waals surface area contributed by atoms with Gasteiger partial charge in [-0.15, -0.1) is 0 Å². The highest BCUT2D eigenvalue weighted by Gasteiger charge is 2.15. The molecule has 0 radical (unpaired) electrons. The number of aromatic amines is 1. The Morgan fingerprint density at radius 3 is 2.65 bits per heavy atom. The molecule has 3 aromatic rings. The Kier molecular flexibility index (Phi) is 3.95. The van der Waals surface area contributed by atoms with Crippen LogP contribution in [0.1, 0.15) is 5.56 Å². The second-order valence-corrected chi connectivity index (χ2v) is 7.44. The first kappa shape index (κ1) is 15.7. The van der Waals surface area contributed by atoms with Gasteiger partial charge in [0.25, 0.3) is 0 Å². The Morgan fingerprint density at radius 1 is 1.17 bits per heavy atom. The van der Waals surface area contributed by atoms with E-state index in [0.717, 1.165) is 22.8 Å². The summed E-state index contributed by atoms with van der Waals surface area (Å²) >= 11 is 0. The molecule has 4 nitrogen and oxygen atoms in total. The number of rotatable bonds is 4. The van der Waals surface area contributed by atoms with Crippen molar-refractivity contribution in [3.63, 3.8) is 0 Å². The van der Waals surface area contributed by atoms with E-state index in [1.807, 2.05) is 0 Å². The van der Waals surface area contributed by atoms with Gasteiger partial charge < -0.3 is 10.1 Å². The van der Waals surface area contributed by atoms with E-state index < -0.39 is 9.84 Å². The van der Waals surface area contributed by atoms with Gasteiger partial charge in [-0.05, 0) is 47.9 Å². The molecule has 0 aliphatic rings. The van der Waals surface area contributed by atoms with Crippen molar-refractivity contribution < 1.29 is 17.9 Å². The molecule has 0 aliphatic heterocycles. The first-order valence-electron chi connectivity index (χ1n) is 7.11. The molecule has 3 rings (SSSR count). The number of hydrogen-bond acceptors (Lipinski definition) is 3. The molecule has 6 heteroatoms. The van der Waals surface area contributed by atoms with E-state index in [2.05, 4.69) is 4.98 Å². The number of halogens is 1. The Hall–Kier alpha value is -2.18. The van der Waals surface area contributed by atoms with Gasteiger partial charge in [0.2, 0.25) is 0 Å². The van der Waals surface area contributed by atoms with Crippen molar-refractivity contribution in [1.82, 2.24) is 4.98 Å². The standard InChI is InChI=1S/C17H16FNO3S/c1-23(21,22)17-5-2-11(8-12(17)6-7-20)15-10-19-16-9-13(18)3-4-14(15)16/h2-5,8-10,19-20H,6-7H2,1H3. The van der Waals surface area contributed by atoms with Crippen molar-refractivity contribution in [2.75, 3.05) is 12.9 Å². The molecule has 0 aliphatic carbocycles. The molecule has 0 atom stereocenters. The Labute approximate surface area is 133 Å². The molecule has 0 saturated carbocycles. The van der Waals surface area contributed by atoms with Crippen LogP contribution in [-0.2, 0) is 16.3 Å². The predicted octanol–water partition coefficient (Wildman–Crippen LogP) is 2.91. The topological polar surface area (TPSA) is 70.2 Å². The van der Waals surface area contributed by atoms with Crippen LogP contribution in [-0.4, -0.2) is 31.4 Å². The van der Waals surface area contributed by atoms with Crippen LogP contribution in [0.4, 0.5) is 4.39 Å². The van der Waals surface area contributed by atoms with Crippen LogP contribution >= 0.6 is 0 Å². The van der Waals surface area contributed by atoms with E-state index in [0.29, 0.717) is 11.1 Å². The van der Waals surface area contributed by atoms with Gasteiger partial charge >= 0.3 is 0 Å². The third-order valence-corrected chi connectivity index (χ3v) is 4.99. The van der Waals surface area contributed by atoms with E-state index in [9.17, 15) is 17.9 Å². The fourth-order valence-electron chi connectivity index (χ4n) is 2.76. The van der Waals surface area contributed by atoms with Crippen molar-refractivity contribution in [2.45, 2.75) is 11.3 Å². The van der Waals surface area contributed by atoms with E-state index in [1.54, 1.807) is 30.5 Å². The molecular weight excluding hydrogens is 317 g/mol. The van der Waals surface area contributed by atoms with Crippen LogP contribution in [0.3, 0.4) is 0 Å². The molecule has 2 aromatic carbocycles. The Morgan fingerprint density at radius 2 is 1.96 bits per heavy atom. The van der Waals surface area contributed by atoms with Crippen LogP contribution < -0.4 is 0 Å². The summed E-state index contributed by atoms with van der Waals surface area (Å²) in [6.07, 6.45) is 3.17. The molecule has 0 fully saturated rings. The van der Waals surface area contributed by atoms with Gasteiger partial charge in [0.1, 0.15) is 5.82 Å². The van der Waals surface area contributed by atoms with Gasteiger partial charge in [0, 0.05) is 35.5 Å². The van der Waals surface area contributed by atoms with Gasteiger partial charge in [-0.1, -0.05) is 6.07 Å². The summed E-state index contributed by atoms with van der Waals surface area (Å²) in [4.78, 5) is 3.24. The first-order valence-corrected chi connectivity index (χ1v) is 9.00. The molecule has 0 unspecified atom stereocenters. The average Bonchev–Trinajstić information content (AvgIpc) is 2.89. The lowest BCUT2D eigenvalue weighted by Crippen LogP contribution is -2.04. The predicted molar refractivity (Wildman–Crippen MR) is 87.6 cm³/mol. The zero-order valence-corrected chi connectivity index (χ0v) is 13.3. The van der Waals surface area contributed by atoms with Crippen molar-refractivity contribution in [2.24, 2.45) is 0 Å².